The third-order valence-electron chi connectivity index (χ3n) is 4.52. The molecule has 0 bridgehead atoms. The van der Waals surface area contributed by atoms with Gasteiger partial charge in [-0.2, -0.15) is 0 Å². The van der Waals surface area contributed by atoms with E-state index in [-0.39, 0.29) is 10.9 Å². The molecule has 0 radical (unpaired) electrons. The molecule has 1 aromatic heterocycles. The van der Waals surface area contributed by atoms with Gasteiger partial charge < -0.3 is 10.1 Å². The summed E-state index contributed by atoms with van der Waals surface area (Å²) >= 11 is 1.30. The average molecular weight is 397 g/mol. The number of piperidine rings is 1. The van der Waals surface area contributed by atoms with Crippen molar-refractivity contribution >= 4 is 37.4 Å². The maximum atomic E-state index is 12.5. The molecule has 0 saturated carbocycles. The Labute approximate surface area is 158 Å². The van der Waals surface area contributed by atoms with Crippen LogP contribution in [0.15, 0.2) is 29.2 Å². The Bertz CT molecular complexity index is 870. The highest BCUT2D eigenvalue weighted by Gasteiger charge is 2.18. The topological polar surface area (TPSA) is 84.5 Å². The summed E-state index contributed by atoms with van der Waals surface area (Å²) in [5, 5.41) is 4.07. The number of fused-ring (bicyclic) bond motifs is 1. The Morgan fingerprint density at radius 1 is 1.38 bits per heavy atom. The van der Waals surface area contributed by atoms with Crippen molar-refractivity contribution in [2.75, 3.05) is 26.2 Å². The first-order valence-corrected chi connectivity index (χ1v) is 11.2. The van der Waals surface area contributed by atoms with Crippen LogP contribution < -0.4 is 10.0 Å². The monoisotopic (exact) mass is 396 g/mol. The van der Waals surface area contributed by atoms with E-state index < -0.39 is 10.0 Å². The predicted octanol–water partition coefficient (Wildman–Crippen LogP) is 2.75. The number of ether oxygens (including phenoxy) is 1. The van der Waals surface area contributed by atoms with Gasteiger partial charge in [-0.15, -0.1) is 11.3 Å². The van der Waals surface area contributed by atoms with Crippen LogP contribution >= 0.6 is 11.3 Å². The van der Waals surface area contributed by atoms with Crippen molar-refractivity contribution < 1.29 is 17.9 Å². The Morgan fingerprint density at radius 3 is 2.96 bits per heavy atom. The largest absolute Gasteiger partial charge is 0.462 e. The number of nitrogens with one attached hydrogen (secondary N) is 2. The number of carbonyl (C=O) groups is 1. The fourth-order valence-corrected chi connectivity index (χ4v) is 5.16. The molecule has 2 aromatic rings. The Kier molecular flexibility index (Phi) is 6.29. The zero-order chi connectivity index (χ0) is 18.6. The number of hydrogen-bond donors (Lipinski definition) is 2. The number of carbonyl (C=O) groups excluding carboxylic acids is 1. The van der Waals surface area contributed by atoms with Gasteiger partial charge in [0.2, 0.25) is 10.0 Å². The second-order valence-electron chi connectivity index (χ2n) is 6.43. The van der Waals surface area contributed by atoms with Crippen molar-refractivity contribution in [3.8, 4) is 0 Å². The number of thiophene rings is 1. The first-order chi connectivity index (χ1) is 12.5. The Morgan fingerprint density at radius 2 is 2.23 bits per heavy atom. The van der Waals surface area contributed by atoms with Crippen molar-refractivity contribution in [2.24, 2.45) is 5.92 Å². The van der Waals surface area contributed by atoms with E-state index in [1.165, 1.54) is 11.3 Å². The summed E-state index contributed by atoms with van der Waals surface area (Å²) in [5.74, 6) is 0.148. The van der Waals surface area contributed by atoms with Crippen molar-refractivity contribution in [3.63, 3.8) is 0 Å². The Hall–Kier alpha value is -1.48. The van der Waals surface area contributed by atoms with Gasteiger partial charge in [0.1, 0.15) is 4.88 Å². The van der Waals surface area contributed by atoms with Crippen molar-refractivity contribution in [1.82, 2.24) is 10.0 Å². The van der Waals surface area contributed by atoms with Gasteiger partial charge >= 0.3 is 5.97 Å². The normalized spacial score (nSPS) is 18.1. The molecular weight excluding hydrogens is 372 g/mol. The molecule has 0 amide bonds. The molecular formula is C18H24N2O4S2. The fraction of sp³-hybridized carbons (Fsp3) is 0.500. The molecule has 1 aromatic carbocycles. The van der Waals surface area contributed by atoms with E-state index in [9.17, 15) is 13.2 Å². The summed E-state index contributed by atoms with van der Waals surface area (Å²) in [5.41, 5.74) is 0. The fourth-order valence-electron chi connectivity index (χ4n) is 3.14. The summed E-state index contributed by atoms with van der Waals surface area (Å²) in [4.78, 5) is 12.5. The van der Waals surface area contributed by atoms with E-state index in [1.807, 2.05) is 0 Å². The maximum Gasteiger partial charge on any atom is 0.348 e. The Balaban J connectivity index is 1.68. The molecule has 6 nitrogen and oxygen atoms in total. The lowest BCUT2D eigenvalue weighted by molar-refractivity contribution is 0.0532. The third kappa shape index (κ3) is 4.62. The molecule has 1 unspecified atom stereocenters. The first kappa shape index (κ1) is 19.3. The standard InChI is InChI=1S/C18H24N2O4S2/c1-2-24-18(21)17-11-14-10-15(5-6-16(14)25-17)26(22,23)20-9-7-13-4-3-8-19-12-13/h5-6,10-11,13,19-20H,2-4,7-9,12H2,1H3. The SMILES string of the molecule is CCOC(=O)c1cc2cc(S(=O)(=O)NCCC3CCCNC3)ccc2s1. The molecule has 1 aliphatic heterocycles. The van der Waals surface area contributed by atoms with Crippen molar-refractivity contribution in [1.29, 1.82) is 0 Å². The second kappa shape index (κ2) is 8.47. The van der Waals surface area contributed by atoms with Gasteiger partial charge in [0.25, 0.3) is 0 Å². The number of hydrogen-bond acceptors (Lipinski definition) is 6. The average Bonchev–Trinajstić information content (AvgIpc) is 3.06. The van der Waals surface area contributed by atoms with E-state index in [2.05, 4.69) is 10.0 Å². The molecule has 2 heterocycles. The van der Waals surface area contributed by atoms with Gasteiger partial charge in [0.05, 0.1) is 11.5 Å². The summed E-state index contributed by atoms with van der Waals surface area (Å²) in [6, 6.07) is 6.62. The lowest BCUT2D eigenvalue weighted by Crippen LogP contribution is -2.33. The van der Waals surface area contributed by atoms with E-state index in [0.29, 0.717) is 23.9 Å². The maximum absolute atomic E-state index is 12.5. The molecule has 142 valence electrons. The minimum atomic E-state index is -3.56. The van der Waals surface area contributed by atoms with Crippen LogP contribution in [0.4, 0.5) is 0 Å². The van der Waals surface area contributed by atoms with E-state index >= 15 is 0 Å². The van der Waals surface area contributed by atoms with Crippen LogP contribution in [0.2, 0.25) is 0 Å². The minimum absolute atomic E-state index is 0.222. The van der Waals surface area contributed by atoms with Crippen molar-refractivity contribution in [2.45, 2.75) is 31.1 Å². The van der Waals surface area contributed by atoms with Crippen LogP contribution in [0.1, 0.15) is 35.9 Å². The van der Waals surface area contributed by atoms with Crippen LogP contribution in [0.5, 0.6) is 0 Å². The van der Waals surface area contributed by atoms with Gasteiger partial charge in [-0.05, 0) is 74.8 Å². The van der Waals surface area contributed by atoms with Crippen LogP contribution in [-0.2, 0) is 14.8 Å². The van der Waals surface area contributed by atoms with Gasteiger partial charge in [-0.1, -0.05) is 0 Å². The molecule has 1 atom stereocenters. The second-order valence-corrected chi connectivity index (χ2v) is 9.28. The molecule has 1 aliphatic rings. The van der Waals surface area contributed by atoms with E-state index in [0.717, 1.165) is 42.4 Å². The number of rotatable bonds is 7. The molecule has 8 heteroatoms. The van der Waals surface area contributed by atoms with E-state index in [4.69, 9.17) is 4.74 Å². The molecule has 1 saturated heterocycles. The highest BCUT2D eigenvalue weighted by molar-refractivity contribution is 7.89. The summed E-state index contributed by atoms with van der Waals surface area (Å²) in [7, 11) is -3.56. The van der Waals surface area contributed by atoms with E-state index in [1.54, 1.807) is 31.2 Å². The summed E-state index contributed by atoms with van der Waals surface area (Å²) in [6.45, 7) is 4.51. The number of esters is 1. The van der Waals surface area contributed by atoms with Crippen LogP contribution in [0.3, 0.4) is 0 Å². The number of benzene rings is 1. The minimum Gasteiger partial charge on any atom is -0.462 e. The molecule has 26 heavy (non-hydrogen) atoms. The predicted molar refractivity (Wildman–Crippen MR) is 103 cm³/mol. The van der Waals surface area contributed by atoms with Crippen LogP contribution in [0, 0.1) is 5.92 Å². The molecule has 0 spiro atoms. The lowest BCUT2D eigenvalue weighted by atomic mass is 9.96. The zero-order valence-corrected chi connectivity index (χ0v) is 16.4. The molecule has 2 N–H and O–H groups in total. The van der Waals surface area contributed by atoms with Crippen LogP contribution in [-0.4, -0.2) is 40.6 Å². The van der Waals surface area contributed by atoms with Crippen LogP contribution in [0.25, 0.3) is 10.1 Å². The molecule has 1 fully saturated rings. The first-order valence-electron chi connectivity index (χ1n) is 8.90. The van der Waals surface area contributed by atoms with Gasteiger partial charge in [0, 0.05) is 11.2 Å². The smallest absolute Gasteiger partial charge is 0.348 e. The summed E-state index contributed by atoms with van der Waals surface area (Å²) in [6.07, 6.45) is 3.13. The van der Waals surface area contributed by atoms with Gasteiger partial charge in [-0.3, -0.25) is 0 Å². The zero-order valence-electron chi connectivity index (χ0n) is 14.8. The lowest BCUT2D eigenvalue weighted by Gasteiger charge is -2.22. The third-order valence-corrected chi connectivity index (χ3v) is 7.07. The number of sulfonamides is 1. The highest BCUT2D eigenvalue weighted by Crippen LogP contribution is 2.28. The molecule has 0 aliphatic carbocycles. The van der Waals surface area contributed by atoms with Gasteiger partial charge in [0.15, 0.2) is 0 Å². The molecule has 3 rings (SSSR count). The summed E-state index contributed by atoms with van der Waals surface area (Å²) < 4.78 is 33.6. The highest BCUT2D eigenvalue weighted by atomic mass is 32.2. The van der Waals surface area contributed by atoms with Crippen molar-refractivity contribution in [3.05, 3.63) is 29.1 Å². The quantitative estimate of drug-likeness (QED) is 0.703. The van der Waals surface area contributed by atoms with Gasteiger partial charge in [-0.25, -0.2) is 17.9 Å².